The lowest BCUT2D eigenvalue weighted by Crippen LogP contribution is -2.51. The van der Waals surface area contributed by atoms with E-state index in [9.17, 15) is 14.7 Å². The number of ether oxygens (including phenoxy) is 3. The van der Waals surface area contributed by atoms with Gasteiger partial charge in [0, 0.05) is 20.3 Å². The van der Waals surface area contributed by atoms with Gasteiger partial charge in [0.15, 0.2) is 18.0 Å². The van der Waals surface area contributed by atoms with E-state index in [2.05, 4.69) is 5.32 Å². The molecule has 1 aliphatic heterocycles. The molecule has 0 radical (unpaired) electrons. The number of carbonyl (C=O) groups excluding carboxylic acids is 2. The second-order valence-corrected chi connectivity index (χ2v) is 4.98. The van der Waals surface area contributed by atoms with Crippen LogP contribution < -0.4 is 5.32 Å². The van der Waals surface area contributed by atoms with E-state index in [1.54, 1.807) is 12.1 Å². The fourth-order valence-electron chi connectivity index (χ4n) is 2.61. The maximum atomic E-state index is 12.3. The summed E-state index contributed by atoms with van der Waals surface area (Å²) in [5.74, 6) is -2.35. The maximum Gasteiger partial charge on any atom is 0.259 e. The maximum absolute atomic E-state index is 12.3. The highest BCUT2D eigenvalue weighted by molar-refractivity contribution is 6.02. The molecular formula is C15H15NO6. The molecule has 7 heteroatoms. The van der Waals surface area contributed by atoms with Crippen molar-refractivity contribution in [2.24, 2.45) is 0 Å². The number of phenolic OH excluding ortho intramolecular Hbond substituents is 1. The van der Waals surface area contributed by atoms with Crippen molar-refractivity contribution >= 4 is 11.7 Å². The Labute approximate surface area is 126 Å². The van der Waals surface area contributed by atoms with Gasteiger partial charge in [0.05, 0.1) is 11.3 Å². The summed E-state index contributed by atoms with van der Waals surface area (Å²) in [6, 6.07) is 6.09. The van der Waals surface area contributed by atoms with Gasteiger partial charge in [0.2, 0.25) is 5.79 Å². The molecule has 0 unspecified atom stereocenters. The van der Waals surface area contributed by atoms with Crippen LogP contribution in [0.3, 0.4) is 0 Å². The van der Waals surface area contributed by atoms with Crippen molar-refractivity contribution in [3.8, 4) is 5.75 Å². The first-order valence-corrected chi connectivity index (χ1v) is 6.64. The quantitative estimate of drug-likeness (QED) is 0.615. The van der Waals surface area contributed by atoms with E-state index in [4.69, 9.17) is 14.2 Å². The number of nitrogens with one attached hydrogen (secondary N) is 1. The topological polar surface area (TPSA) is 97.4 Å². The number of hydrogen-bond donors (Lipinski definition) is 2. The Morgan fingerprint density at radius 1 is 1.32 bits per heavy atom. The molecule has 0 bridgehead atoms. The number of fused-ring (bicyclic) bond motifs is 1. The van der Waals surface area contributed by atoms with Crippen LogP contribution in [0.4, 0.5) is 0 Å². The van der Waals surface area contributed by atoms with Crippen molar-refractivity contribution in [1.29, 1.82) is 0 Å². The van der Waals surface area contributed by atoms with E-state index < -0.39 is 23.9 Å². The number of para-hydroxylation sites is 1. The van der Waals surface area contributed by atoms with Gasteiger partial charge in [-0.3, -0.25) is 9.59 Å². The van der Waals surface area contributed by atoms with E-state index in [1.165, 1.54) is 32.4 Å². The summed E-state index contributed by atoms with van der Waals surface area (Å²) in [6.07, 6.45) is 0.0318. The van der Waals surface area contributed by atoms with Crippen LogP contribution in [0.15, 0.2) is 36.0 Å². The van der Waals surface area contributed by atoms with Crippen LogP contribution in [-0.4, -0.2) is 49.0 Å². The third-order valence-electron chi connectivity index (χ3n) is 3.81. The van der Waals surface area contributed by atoms with Crippen molar-refractivity contribution < 1.29 is 28.9 Å². The molecular weight excluding hydrogens is 290 g/mol. The van der Waals surface area contributed by atoms with E-state index in [0.29, 0.717) is 0 Å². The van der Waals surface area contributed by atoms with E-state index in [1.807, 2.05) is 0 Å². The van der Waals surface area contributed by atoms with Gasteiger partial charge in [-0.1, -0.05) is 12.1 Å². The molecule has 2 aliphatic rings. The van der Waals surface area contributed by atoms with Crippen molar-refractivity contribution in [3.63, 3.8) is 0 Å². The normalized spacial score (nSPS) is 25.2. The first-order valence-electron chi connectivity index (χ1n) is 6.64. The standard InChI is InChI=1S/C15H15NO6/c1-20-15(21-2)11(7-10(18)12-13(15)22-12)16-14(19)8-5-3-4-6-9(8)17/h3-7,12-13,17H,1-2H3,(H,16,19)/t12-,13-/m1/s1. The smallest absolute Gasteiger partial charge is 0.259 e. The number of amides is 1. The molecule has 1 heterocycles. The molecule has 1 aromatic carbocycles. The number of phenols is 1. The van der Waals surface area contributed by atoms with Crippen LogP contribution >= 0.6 is 0 Å². The number of aromatic hydroxyl groups is 1. The Bertz CT molecular complexity index is 664. The molecule has 2 atom stereocenters. The van der Waals surface area contributed by atoms with Gasteiger partial charge in [0.1, 0.15) is 5.75 Å². The molecule has 2 N–H and O–H groups in total. The molecule has 1 aromatic rings. The zero-order valence-corrected chi connectivity index (χ0v) is 12.0. The van der Waals surface area contributed by atoms with Gasteiger partial charge in [-0.05, 0) is 12.1 Å². The summed E-state index contributed by atoms with van der Waals surface area (Å²) < 4.78 is 16.0. The molecule has 0 aromatic heterocycles. The highest BCUT2D eigenvalue weighted by Crippen LogP contribution is 2.43. The van der Waals surface area contributed by atoms with Crippen molar-refractivity contribution in [3.05, 3.63) is 41.6 Å². The predicted octanol–water partition coefficient (Wildman–Crippen LogP) is 0.345. The number of hydrogen-bond acceptors (Lipinski definition) is 6. The van der Waals surface area contributed by atoms with E-state index in [0.717, 1.165) is 0 Å². The van der Waals surface area contributed by atoms with Crippen LogP contribution in [0.1, 0.15) is 10.4 Å². The van der Waals surface area contributed by atoms with E-state index in [-0.39, 0.29) is 22.8 Å². The summed E-state index contributed by atoms with van der Waals surface area (Å²) in [7, 11) is 2.80. The average Bonchev–Trinajstić information content (AvgIpc) is 3.30. The minimum Gasteiger partial charge on any atom is -0.507 e. The van der Waals surface area contributed by atoms with Gasteiger partial charge in [0.25, 0.3) is 5.91 Å². The summed E-state index contributed by atoms with van der Waals surface area (Å²) in [4.78, 5) is 24.1. The van der Waals surface area contributed by atoms with Crippen molar-refractivity contribution in [1.82, 2.24) is 5.32 Å². The summed E-state index contributed by atoms with van der Waals surface area (Å²) in [5, 5.41) is 12.3. The first-order chi connectivity index (χ1) is 10.5. The first kappa shape index (κ1) is 14.7. The van der Waals surface area contributed by atoms with Crippen LogP contribution in [0.2, 0.25) is 0 Å². The van der Waals surface area contributed by atoms with Crippen LogP contribution in [-0.2, 0) is 19.0 Å². The van der Waals surface area contributed by atoms with Gasteiger partial charge in [-0.15, -0.1) is 0 Å². The number of carbonyl (C=O) groups is 2. The second kappa shape index (κ2) is 5.20. The number of benzene rings is 1. The molecule has 1 aliphatic carbocycles. The molecule has 1 fully saturated rings. The summed E-state index contributed by atoms with van der Waals surface area (Å²) >= 11 is 0. The third-order valence-corrected chi connectivity index (χ3v) is 3.81. The van der Waals surface area contributed by atoms with Crippen LogP contribution in [0.5, 0.6) is 5.75 Å². The zero-order chi connectivity index (χ0) is 15.9. The lowest BCUT2D eigenvalue weighted by Gasteiger charge is -2.33. The second-order valence-electron chi connectivity index (χ2n) is 4.98. The highest BCUT2D eigenvalue weighted by Gasteiger charge is 2.64. The van der Waals surface area contributed by atoms with Gasteiger partial charge < -0.3 is 24.6 Å². The molecule has 116 valence electrons. The molecule has 0 saturated carbocycles. The molecule has 7 nitrogen and oxygen atoms in total. The zero-order valence-electron chi connectivity index (χ0n) is 12.0. The Balaban J connectivity index is 1.91. The van der Waals surface area contributed by atoms with Crippen molar-refractivity contribution in [2.45, 2.75) is 18.0 Å². The molecule has 1 amide bonds. The lowest BCUT2D eigenvalue weighted by atomic mass is 9.96. The fourth-order valence-corrected chi connectivity index (χ4v) is 2.61. The molecule has 0 spiro atoms. The van der Waals surface area contributed by atoms with Crippen LogP contribution in [0, 0.1) is 0 Å². The minimum absolute atomic E-state index is 0.0794. The Hall–Kier alpha value is -2.22. The summed E-state index contributed by atoms with van der Waals surface area (Å²) in [6.45, 7) is 0. The number of methoxy groups -OCH3 is 2. The highest BCUT2D eigenvalue weighted by atomic mass is 16.7. The number of epoxide rings is 1. The van der Waals surface area contributed by atoms with Gasteiger partial charge in [-0.2, -0.15) is 0 Å². The van der Waals surface area contributed by atoms with Crippen LogP contribution in [0.25, 0.3) is 0 Å². The SMILES string of the molecule is COC1(OC)C(NC(=O)c2ccccc2O)=CC(=O)[C@H]2O[C@H]21. The number of ketones is 1. The van der Waals surface area contributed by atoms with Gasteiger partial charge in [-0.25, -0.2) is 0 Å². The monoisotopic (exact) mass is 305 g/mol. The summed E-state index contributed by atoms with van der Waals surface area (Å²) in [5.41, 5.74) is 0.227. The largest absolute Gasteiger partial charge is 0.507 e. The van der Waals surface area contributed by atoms with Gasteiger partial charge >= 0.3 is 0 Å². The van der Waals surface area contributed by atoms with E-state index >= 15 is 0 Å². The molecule has 22 heavy (non-hydrogen) atoms. The Morgan fingerprint density at radius 2 is 2.00 bits per heavy atom. The predicted molar refractivity (Wildman–Crippen MR) is 74.1 cm³/mol. The average molecular weight is 305 g/mol. The van der Waals surface area contributed by atoms with Crippen molar-refractivity contribution in [2.75, 3.05) is 14.2 Å². The fraction of sp³-hybridized carbons (Fsp3) is 0.333. The lowest BCUT2D eigenvalue weighted by molar-refractivity contribution is -0.194. The Morgan fingerprint density at radius 3 is 2.64 bits per heavy atom. The minimum atomic E-state index is -1.35. The molecule has 3 rings (SSSR count). The molecule has 1 saturated heterocycles. The number of rotatable bonds is 4. The third kappa shape index (κ3) is 2.10. The Kier molecular flexibility index (Phi) is 3.48.